The molecule has 1 aromatic rings. The molecule has 0 radical (unpaired) electrons. The van der Waals surface area contributed by atoms with Crippen molar-refractivity contribution in [2.45, 2.75) is 39.0 Å². The molecule has 0 amide bonds. The van der Waals surface area contributed by atoms with Crippen LogP contribution >= 0.6 is 0 Å². The molecule has 4 heteroatoms. The van der Waals surface area contributed by atoms with E-state index in [1.807, 2.05) is 18.2 Å². The molecule has 1 aliphatic heterocycles. The molecule has 20 heavy (non-hydrogen) atoms. The van der Waals surface area contributed by atoms with Crippen LogP contribution in [0.3, 0.4) is 0 Å². The standard InChI is InChI=1S/C16H25NO3/c1-9-10(2)20-11(3)15(9)16(17)12-6-13(18-4)8-14(7-12)19-5/h6-11,15-16H,17H2,1-5H3. The Labute approximate surface area is 121 Å². The van der Waals surface area contributed by atoms with Crippen LogP contribution in [0.2, 0.25) is 0 Å². The largest absolute Gasteiger partial charge is 0.497 e. The fraction of sp³-hybridized carbons (Fsp3) is 0.625. The Morgan fingerprint density at radius 1 is 1.00 bits per heavy atom. The normalized spacial score (nSPS) is 31.1. The highest BCUT2D eigenvalue weighted by atomic mass is 16.5. The fourth-order valence-corrected chi connectivity index (χ4v) is 3.16. The molecule has 2 N–H and O–H groups in total. The number of hydrogen-bond donors (Lipinski definition) is 1. The Bertz CT molecular complexity index is 441. The van der Waals surface area contributed by atoms with E-state index in [0.29, 0.717) is 11.8 Å². The van der Waals surface area contributed by atoms with Crippen LogP contribution in [-0.4, -0.2) is 26.4 Å². The maximum atomic E-state index is 6.50. The van der Waals surface area contributed by atoms with E-state index in [1.165, 1.54) is 0 Å². The Kier molecular flexibility index (Phi) is 4.55. The number of benzene rings is 1. The molecule has 1 saturated heterocycles. The summed E-state index contributed by atoms with van der Waals surface area (Å²) in [7, 11) is 3.30. The van der Waals surface area contributed by atoms with Crippen LogP contribution in [0.4, 0.5) is 0 Å². The molecule has 5 unspecified atom stereocenters. The van der Waals surface area contributed by atoms with Gasteiger partial charge in [0.15, 0.2) is 0 Å². The zero-order valence-electron chi connectivity index (χ0n) is 12.9. The van der Waals surface area contributed by atoms with Gasteiger partial charge in [0.05, 0.1) is 26.4 Å². The van der Waals surface area contributed by atoms with Gasteiger partial charge in [0.25, 0.3) is 0 Å². The van der Waals surface area contributed by atoms with E-state index in [-0.39, 0.29) is 18.2 Å². The summed E-state index contributed by atoms with van der Waals surface area (Å²) in [5.74, 6) is 2.25. The third-order valence-corrected chi connectivity index (χ3v) is 4.49. The second kappa shape index (κ2) is 6.02. The summed E-state index contributed by atoms with van der Waals surface area (Å²) in [4.78, 5) is 0. The van der Waals surface area contributed by atoms with Crippen LogP contribution in [-0.2, 0) is 4.74 Å². The van der Waals surface area contributed by atoms with Gasteiger partial charge in [-0.15, -0.1) is 0 Å². The van der Waals surface area contributed by atoms with Gasteiger partial charge in [0.2, 0.25) is 0 Å². The topological polar surface area (TPSA) is 53.7 Å². The Balaban J connectivity index is 2.30. The molecule has 4 nitrogen and oxygen atoms in total. The molecular weight excluding hydrogens is 254 g/mol. The molecule has 2 rings (SSSR count). The van der Waals surface area contributed by atoms with Crippen molar-refractivity contribution in [3.8, 4) is 11.5 Å². The van der Waals surface area contributed by atoms with E-state index < -0.39 is 0 Å². The molecule has 0 spiro atoms. The zero-order valence-corrected chi connectivity index (χ0v) is 12.9. The minimum absolute atomic E-state index is 0.0889. The minimum Gasteiger partial charge on any atom is -0.497 e. The number of rotatable bonds is 4. The first-order valence-electron chi connectivity index (χ1n) is 7.12. The number of nitrogens with two attached hydrogens (primary N) is 1. The van der Waals surface area contributed by atoms with E-state index in [1.54, 1.807) is 14.2 Å². The highest BCUT2D eigenvalue weighted by Gasteiger charge is 2.41. The monoisotopic (exact) mass is 279 g/mol. The van der Waals surface area contributed by atoms with Crippen LogP contribution in [0.1, 0.15) is 32.4 Å². The summed E-state index contributed by atoms with van der Waals surface area (Å²) >= 11 is 0. The zero-order chi connectivity index (χ0) is 14.9. The van der Waals surface area contributed by atoms with Crippen molar-refractivity contribution in [1.29, 1.82) is 0 Å². The molecule has 0 bridgehead atoms. The second-order valence-corrected chi connectivity index (χ2v) is 5.65. The number of hydrogen-bond acceptors (Lipinski definition) is 4. The second-order valence-electron chi connectivity index (χ2n) is 5.65. The summed E-state index contributed by atoms with van der Waals surface area (Å²) in [6, 6.07) is 5.73. The van der Waals surface area contributed by atoms with E-state index >= 15 is 0 Å². The lowest BCUT2D eigenvalue weighted by molar-refractivity contribution is 0.0489. The summed E-state index contributed by atoms with van der Waals surface area (Å²) < 4.78 is 16.5. The van der Waals surface area contributed by atoms with Crippen LogP contribution in [0.15, 0.2) is 18.2 Å². The van der Waals surface area contributed by atoms with Crippen molar-refractivity contribution in [2.75, 3.05) is 14.2 Å². The summed E-state index contributed by atoms with van der Waals surface area (Å²) in [5, 5.41) is 0. The van der Waals surface area contributed by atoms with Gasteiger partial charge in [-0.25, -0.2) is 0 Å². The first-order chi connectivity index (χ1) is 9.47. The first kappa shape index (κ1) is 15.1. The predicted octanol–water partition coefficient (Wildman–Crippen LogP) is 2.76. The smallest absolute Gasteiger partial charge is 0.122 e. The average molecular weight is 279 g/mol. The fourth-order valence-electron chi connectivity index (χ4n) is 3.16. The van der Waals surface area contributed by atoms with E-state index in [0.717, 1.165) is 17.1 Å². The molecular formula is C16H25NO3. The average Bonchev–Trinajstić information content (AvgIpc) is 2.70. The van der Waals surface area contributed by atoms with Crippen LogP contribution in [0, 0.1) is 11.8 Å². The number of methoxy groups -OCH3 is 2. The van der Waals surface area contributed by atoms with Crippen molar-refractivity contribution < 1.29 is 14.2 Å². The number of ether oxygens (including phenoxy) is 3. The minimum atomic E-state index is -0.0889. The quantitative estimate of drug-likeness (QED) is 0.920. The molecule has 1 aromatic carbocycles. The maximum Gasteiger partial charge on any atom is 0.122 e. The maximum absolute atomic E-state index is 6.50. The molecule has 1 fully saturated rings. The molecule has 112 valence electrons. The summed E-state index contributed by atoms with van der Waals surface area (Å²) in [6.45, 7) is 6.41. The SMILES string of the molecule is COc1cc(OC)cc(C(N)C2C(C)OC(C)C2C)c1. The van der Waals surface area contributed by atoms with Gasteiger partial charge in [-0.05, 0) is 37.5 Å². The van der Waals surface area contributed by atoms with Crippen LogP contribution < -0.4 is 15.2 Å². The van der Waals surface area contributed by atoms with Gasteiger partial charge in [0, 0.05) is 18.0 Å². The third kappa shape index (κ3) is 2.76. The van der Waals surface area contributed by atoms with Crippen molar-refractivity contribution in [2.24, 2.45) is 17.6 Å². The van der Waals surface area contributed by atoms with E-state index in [9.17, 15) is 0 Å². The molecule has 0 aliphatic carbocycles. The molecule has 1 heterocycles. The third-order valence-electron chi connectivity index (χ3n) is 4.49. The lowest BCUT2D eigenvalue weighted by atomic mass is 9.81. The van der Waals surface area contributed by atoms with Gasteiger partial charge in [-0.2, -0.15) is 0 Å². The Morgan fingerprint density at radius 3 is 1.95 bits per heavy atom. The highest BCUT2D eigenvalue weighted by molar-refractivity contribution is 5.40. The van der Waals surface area contributed by atoms with Crippen molar-refractivity contribution >= 4 is 0 Å². The van der Waals surface area contributed by atoms with Crippen molar-refractivity contribution in [3.63, 3.8) is 0 Å². The first-order valence-corrected chi connectivity index (χ1v) is 7.12. The highest BCUT2D eigenvalue weighted by Crippen LogP contribution is 2.40. The summed E-state index contributed by atoms with van der Waals surface area (Å²) in [6.07, 6.45) is 0.403. The lowest BCUT2D eigenvalue weighted by Gasteiger charge is -2.26. The van der Waals surface area contributed by atoms with Crippen molar-refractivity contribution in [3.05, 3.63) is 23.8 Å². The van der Waals surface area contributed by atoms with Crippen molar-refractivity contribution in [1.82, 2.24) is 0 Å². The van der Waals surface area contributed by atoms with Crippen LogP contribution in [0.5, 0.6) is 11.5 Å². The molecule has 0 saturated carbocycles. The predicted molar refractivity (Wildman–Crippen MR) is 79.1 cm³/mol. The molecule has 0 aromatic heterocycles. The lowest BCUT2D eigenvalue weighted by Crippen LogP contribution is -2.30. The Hall–Kier alpha value is -1.26. The van der Waals surface area contributed by atoms with Gasteiger partial charge in [-0.3, -0.25) is 0 Å². The van der Waals surface area contributed by atoms with Gasteiger partial charge in [-0.1, -0.05) is 6.92 Å². The van der Waals surface area contributed by atoms with E-state index in [4.69, 9.17) is 19.9 Å². The van der Waals surface area contributed by atoms with E-state index in [2.05, 4.69) is 20.8 Å². The van der Waals surface area contributed by atoms with Crippen LogP contribution in [0.25, 0.3) is 0 Å². The van der Waals surface area contributed by atoms with Gasteiger partial charge < -0.3 is 19.9 Å². The Morgan fingerprint density at radius 2 is 1.55 bits per heavy atom. The van der Waals surface area contributed by atoms with Gasteiger partial charge >= 0.3 is 0 Å². The summed E-state index contributed by atoms with van der Waals surface area (Å²) in [5.41, 5.74) is 7.53. The molecule has 1 aliphatic rings. The molecule has 5 atom stereocenters. The van der Waals surface area contributed by atoms with Gasteiger partial charge in [0.1, 0.15) is 11.5 Å².